The van der Waals surface area contributed by atoms with Crippen molar-refractivity contribution in [3.05, 3.63) is 28.8 Å². The zero-order chi connectivity index (χ0) is 12.3. The molecule has 1 N–H and O–H groups in total. The molecule has 0 radical (unpaired) electrons. The van der Waals surface area contributed by atoms with E-state index in [-0.39, 0.29) is 5.75 Å². The van der Waals surface area contributed by atoms with Crippen LogP contribution >= 0.6 is 0 Å². The third-order valence-corrected chi connectivity index (χ3v) is 3.74. The van der Waals surface area contributed by atoms with E-state index in [4.69, 9.17) is 0 Å². The van der Waals surface area contributed by atoms with E-state index in [2.05, 4.69) is 0 Å². The highest BCUT2D eigenvalue weighted by Gasteiger charge is 2.19. The van der Waals surface area contributed by atoms with Gasteiger partial charge < -0.3 is 5.11 Å². The van der Waals surface area contributed by atoms with Gasteiger partial charge in [-0.25, -0.2) is 0 Å². The number of aryl methyl sites for hydroxylation is 1. The molecule has 0 spiro atoms. The summed E-state index contributed by atoms with van der Waals surface area (Å²) in [5, 5.41) is 10.1. The van der Waals surface area contributed by atoms with Crippen LogP contribution in [0.4, 0.5) is 0 Å². The van der Waals surface area contributed by atoms with Gasteiger partial charge in [0.05, 0.1) is 5.56 Å². The van der Waals surface area contributed by atoms with Gasteiger partial charge in [0, 0.05) is 0 Å². The van der Waals surface area contributed by atoms with Crippen LogP contribution in [0.5, 0.6) is 5.75 Å². The second kappa shape index (κ2) is 5.35. The molecule has 2 nitrogen and oxygen atoms in total. The molecule has 0 amide bonds. The molecule has 2 rings (SSSR count). The van der Waals surface area contributed by atoms with Crippen molar-refractivity contribution in [1.29, 1.82) is 0 Å². The fourth-order valence-electron chi connectivity index (χ4n) is 2.83. The van der Waals surface area contributed by atoms with Crippen molar-refractivity contribution < 1.29 is 9.90 Å². The Labute approximate surface area is 103 Å². The van der Waals surface area contributed by atoms with Crippen molar-refractivity contribution in [3.8, 4) is 5.75 Å². The average Bonchev–Trinajstić information content (AvgIpc) is 2.60. The number of phenolic OH excluding ortho intramolecular Hbond substituents is 1. The number of carbonyl (C=O) groups is 1. The predicted molar refractivity (Wildman–Crippen MR) is 68.7 cm³/mol. The topological polar surface area (TPSA) is 37.3 Å². The molecule has 1 aromatic carbocycles. The Kier molecular flexibility index (Phi) is 3.82. The Morgan fingerprint density at radius 2 is 1.82 bits per heavy atom. The smallest absolute Gasteiger partial charge is 0.153 e. The summed E-state index contributed by atoms with van der Waals surface area (Å²) < 4.78 is 0. The molecule has 92 valence electrons. The van der Waals surface area contributed by atoms with E-state index < -0.39 is 0 Å². The molecule has 0 aliphatic heterocycles. The van der Waals surface area contributed by atoms with Gasteiger partial charge in [-0.1, -0.05) is 31.7 Å². The summed E-state index contributed by atoms with van der Waals surface area (Å²) in [6, 6.07) is 3.79. The highest BCUT2D eigenvalue weighted by atomic mass is 16.3. The molecule has 1 aliphatic carbocycles. The van der Waals surface area contributed by atoms with Crippen LogP contribution < -0.4 is 0 Å². The van der Waals surface area contributed by atoms with E-state index >= 15 is 0 Å². The molecule has 0 heterocycles. The number of rotatable bonds is 2. The Hall–Kier alpha value is -1.31. The monoisotopic (exact) mass is 232 g/mol. The zero-order valence-electron chi connectivity index (χ0n) is 10.4. The average molecular weight is 232 g/mol. The second-order valence-electron chi connectivity index (χ2n) is 5.10. The summed E-state index contributed by atoms with van der Waals surface area (Å²) in [6.45, 7) is 1.98. The molecule has 0 atom stereocenters. The summed E-state index contributed by atoms with van der Waals surface area (Å²) in [5.41, 5.74) is 2.47. The van der Waals surface area contributed by atoms with Crippen molar-refractivity contribution in [2.24, 2.45) is 0 Å². The summed E-state index contributed by atoms with van der Waals surface area (Å²) >= 11 is 0. The van der Waals surface area contributed by atoms with Crippen LogP contribution in [0.15, 0.2) is 12.1 Å². The number of carbonyl (C=O) groups excluding carboxylic acids is 1. The first-order chi connectivity index (χ1) is 8.22. The number of hydrogen-bond donors (Lipinski definition) is 1. The van der Waals surface area contributed by atoms with Gasteiger partial charge in [0.25, 0.3) is 0 Å². The van der Waals surface area contributed by atoms with E-state index in [0.717, 1.165) is 30.3 Å². The first-order valence-electron chi connectivity index (χ1n) is 6.51. The van der Waals surface area contributed by atoms with Crippen molar-refractivity contribution in [3.63, 3.8) is 0 Å². The summed E-state index contributed by atoms with van der Waals surface area (Å²) in [5.74, 6) is 0.633. The van der Waals surface area contributed by atoms with E-state index in [9.17, 15) is 9.90 Å². The number of aromatic hydroxyl groups is 1. The maximum absolute atomic E-state index is 10.9. The Morgan fingerprint density at radius 3 is 2.41 bits per heavy atom. The van der Waals surface area contributed by atoms with Gasteiger partial charge in [-0.3, -0.25) is 4.79 Å². The van der Waals surface area contributed by atoms with Crippen molar-refractivity contribution in [2.45, 2.75) is 51.4 Å². The minimum absolute atomic E-state index is 0.206. The normalized spacial score (nSPS) is 17.7. The second-order valence-corrected chi connectivity index (χ2v) is 5.10. The lowest BCUT2D eigenvalue weighted by atomic mass is 9.88. The van der Waals surface area contributed by atoms with Gasteiger partial charge in [-0.15, -0.1) is 0 Å². The first kappa shape index (κ1) is 12.2. The largest absolute Gasteiger partial charge is 0.507 e. The summed E-state index contributed by atoms with van der Waals surface area (Å²) in [7, 11) is 0. The molecule has 2 heteroatoms. The van der Waals surface area contributed by atoms with Crippen molar-refractivity contribution in [2.75, 3.05) is 0 Å². The number of benzene rings is 1. The van der Waals surface area contributed by atoms with Crippen LogP contribution in [0, 0.1) is 6.92 Å². The van der Waals surface area contributed by atoms with Gasteiger partial charge >= 0.3 is 0 Å². The lowest BCUT2D eigenvalue weighted by Crippen LogP contribution is -2.00. The van der Waals surface area contributed by atoms with E-state index in [1.807, 2.05) is 13.0 Å². The molecule has 0 aromatic heterocycles. The molecular formula is C15H20O2. The SMILES string of the molecule is Cc1cc(C=O)c(O)c(C2CCCCCC2)c1. The third-order valence-electron chi connectivity index (χ3n) is 3.74. The van der Waals surface area contributed by atoms with Crippen LogP contribution in [0.3, 0.4) is 0 Å². The van der Waals surface area contributed by atoms with E-state index in [0.29, 0.717) is 11.5 Å². The van der Waals surface area contributed by atoms with Crippen LogP contribution in [0.1, 0.15) is 65.9 Å². The highest BCUT2D eigenvalue weighted by Crippen LogP contribution is 2.37. The van der Waals surface area contributed by atoms with Gasteiger partial charge in [0.2, 0.25) is 0 Å². The molecule has 1 aromatic rings. The lowest BCUT2D eigenvalue weighted by molar-refractivity contribution is 0.112. The third kappa shape index (κ3) is 2.68. The van der Waals surface area contributed by atoms with Crippen molar-refractivity contribution in [1.82, 2.24) is 0 Å². The van der Waals surface area contributed by atoms with Gasteiger partial charge in [0.15, 0.2) is 6.29 Å². The minimum Gasteiger partial charge on any atom is -0.507 e. The number of phenols is 1. The summed E-state index contributed by atoms with van der Waals surface area (Å²) in [6.07, 6.45) is 8.07. The molecule has 1 saturated carbocycles. The van der Waals surface area contributed by atoms with E-state index in [1.165, 1.54) is 25.7 Å². The fourth-order valence-corrected chi connectivity index (χ4v) is 2.83. The molecule has 0 saturated heterocycles. The highest BCUT2D eigenvalue weighted by molar-refractivity contribution is 5.80. The van der Waals surface area contributed by atoms with Crippen LogP contribution in [0.2, 0.25) is 0 Å². The first-order valence-corrected chi connectivity index (χ1v) is 6.51. The molecule has 1 aliphatic rings. The Morgan fingerprint density at radius 1 is 1.18 bits per heavy atom. The van der Waals surface area contributed by atoms with Gasteiger partial charge in [0.1, 0.15) is 5.75 Å². The molecule has 1 fully saturated rings. The van der Waals surface area contributed by atoms with Gasteiger partial charge in [-0.05, 0) is 42.9 Å². The number of aldehydes is 1. The standard InChI is InChI=1S/C15H20O2/c1-11-8-13(10-16)15(17)14(9-11)12-6-4-2-3-5-7-12/h8-10,12,17H,2-7H2,1H3. The molecule has 0 unspecified atom stereocenters. The zero-order valence-corrected chi connectivity index (χ0v) is 10.4. The van der Waals surface area contributed by atoms with Crippen LogP contribution in [-0.4, -0.2) is 11.4 Å². The molecule has 17 heavy (non-hydrogen) atoms. The minimum atomic E-state index is 0.206. The Balaban J connectivity index is 2.35. The molecule has 0 bridgehead atoms. The predicted octanol–water partition coefficient (Wildman–Crippen LogP) is 3.95. The van der Waals surface area contributed by atoms with Crippen LogP contribution in [0.25, 0.3) is 0 Å². The molecular weight excluding hydrogens is 212 g/mol. The quantitative estimate of drug-likeness (QED) is 0.619. The fraction of sp³-hybridized carbons (Fsp3) is 0.533. The Bertz CT molecular complexity index is 402. The summed E-state index contributed by atoms with van der Waals surface area (Å²) in [4.78, 5) is 10.9. The maximum atomic E-state index is 10.9. The van der Waals surface area contributed by atoms with E-state index in [1.54, 1.807) is 6.07 Å². The van der Waals surface area contributed by atoms with Crippen molar-refractivity contribution >= 4 is 6.29 Å². The van der Waals surface area contributed by atoms with Crippen LogP contribution in [-0.2, 0) is 0 Å². The van der Waals surface area contributed by atoms with Gasteiger partial charge in [-0.2, -0.15) is 0 Å². The lowest BCUT2D eigenvalue weighted by Gasteiger charge is -2.17. The maximum Gasteiger partial charge on any atom is 0.153 e. The number of hydrogen-bond acceptors (Lipinski definition) is 2.